The summed E-state index contributed by atoms with van der Waals surface area (Å²) in [6.07, 6.45) is 0.178. The number of rotatable bonds is 8. The summed E-state index contributed by atoms with van der Waals surface area (Å²) in [6, 6.07) is 6.45. The number of imidazole rings is 1. The Kier molecular flexibility index (Phi) is 8.17. The second kappa shape index (κ2) is 10.6. The molecule has 1 aromatic carbocycles. The van der Waals surface area contributed by atoms with E-state index in [1.807, 2.05) is 13.8 Å². The number of anilines is 1. The summed E-state index contributed by atoms with van der Waals surface area (Å²) in [6.45, 7) is 11.4. The van der Waals surface area contributed by atoms with Crippen LogP contribution in [0.15, 0.2) is 38.2 Å². The smallest absolute Gasteiger partial charge is 0.407 e. The zero-order valence-electron chi connectivity index (χ0n) is 20.6. The molecular weight excluding hydrogens is 508 g/mol. The van der Waals surface area contributed by atoms with Gasteiger partial charge in [0, 0.05) is 22.9 Å². The predicted molar refractivity (Wildman–Crippen MR) is 140 cm³/mol. The van der Waals surface area contributed by atoms with Gasteiger partial charge in [0.1, 0.15) is 11.3 Å². The molecule has 12 heteroatoms. The Morgan fingerprint density at radius 3 is 2.46 bits per heavy atom. The maximum Gasteiger partial charge on any atom is 0.407 e. The summed E-state index contributed by atoms with van der Waals surface area (Å²) < 4.78 is 35.9. The molecule has 2 aliphatic rings. The number of carbonyl (C=O) groups is 1. The Balaban J connectivity index is 1.81. The SMILES string of the molecule is Cc1ccc(S(=O)(=O)Nc2nc(=O)n3c(C)c(C)sc(SCCCNC(=O)OC(C)(C)C)c2-3)cc1. The van der Waals surface area contributed by atoms with E-state index in [2.05, 4.69) is 15.0 Å². The van der Waals surface area contributed by atoms with Gasteiger partial charge in [0.25, 0.3) is 10.0 Å². The van der Waals surface area contributed by atoms with E-state index in [9.17, 15) is 18.0 Å². The van der Waals surface area contributed by atoms with Gasteiger partial charge >= 0.3 is 11.8 Å². The van der Waals surface area contributed by atoms with Crippen LogP contribution in [0.25, 0.3) is 5.69 Å². The lowest BCUT2D eigenvalue weighted by Gasteiger charge is -2.19. The van der Waals surface area contributed by atoms with Gasteiger partial charge in [0.2, 0.25) is 0 Å². The fraction of sp³-hybridized carbons (Fsp3) is 0.435. The van der Waals surface area contributed by atoms with Gasteiger partial charge in [-0.3, -0.25) is 9.29 Å². The monoisotopic (exact) mass is 538 g/mol. The molecule has 190 valence electrons. The first-order valence-electron chi connectivity index (χ1n) is 11.0. The number of alkyl carbamates (subject to hydrolysis) is 1. The predicted octanol–water partition coefficient (Wildman–Crippen LogP) is 4.46. The highest BCUT2D eigenvalue weighted by atomic mass is 32.2. The number of amides is 1. The van der Waals surface area contributed by atoms with Crippen LogP contribution < -0.4 is 15.7 Å². The van der Waals surface area contributed by atoms with E-state index in [1.54, 1.807) is 39.8 Å². The third kappa shape index (κ3) is 6.77. The quantitative estimate of drug-likeness (QED) is 0.321. The molecule has 0 bridgehead atoms. The molecule has 1 aromatic rings. The lowest BCUT2D eigenvalue weighted by atomic mass is 10.2. The summed E-state index contributed by atoms with van der Waals surface area (Å²) in [7, 11) is -3.93. The summed E-state index contributed by atoms with van der Waals surface area (Å²) in [5.74, 6) is 0.637. The molecule has 9 nitrogen and oxygen atoms in total. The van der Waals surface area contributed by atoms with Crippen molar-refractivity contribution in [3.05, 3.63) is 50.9 Å². The fourth-order valence-electron chi connectivity index (χ4n) is 3.13. The minimum absolute atomic E-state index is 0.00399. The Bertz CT molecular complexity index is 1340. The van der Waals surface area contributed by atoms with Crippen molar-refractivity contribution in [1.82, 2.24) is 14.9 Å². The van der Waals surface area contributed by atoms with Crippen molar-refractivity contribution in [1.29, 1.82) is 0 Å². The lowest BCUT2D eigenvalue weighted by Crippen LogP contribution is -2.33. The Labute approximate surface area is 213 Å². The minimum atomic E-state index is -3.93. The number of aromatic nitrogens is 2. The van der Waals surface area contributed by atoms with Crippen LogP contribution in [0.3, 0.4) is 0 Å². The number of fused-ring (bicyclic) bond motifs is 1. The largest absolute Gasteiger partial charge is 0.444 e. The number of carbonyl (C=O) groups excluding carboxylic acids is 1. The fourth-order valence-corrected chi connectivity index (χ4v) is 6.60. The van der Waals surface area contributed by atoms with Gasteiger partial charge in [-0.25, -0.2) is 18.0 Å². The van der Waals surface area contributed by atoms with Crippen LogP contribution in [-0.4, -0.2) is 42.0 Å². The van der Waals surface area contributed by atoms with E-state index >= 15 is 0 Å². The molecule has 0 spiro atoms. The number of nitrogens with zero attached hydrogens (tertiary/aromatic N) is 2. The molecule has 0 aromatic heterocycles. The molecule has 1 amide bonds. The Morgan fingerprint density at radius 2 is 1.83 bits per heavy atom. The third-order valence-corrected chi connectivity index (χ3v) is 8.80. The van der Waals surface area contributed by atoms with Gasteiger partial charge in [-0.05, 0) is 60.1 Å². The zero-order chi connectivity index (χ0) is 26.0. The zero-order valence-corrected chi connectivity index (χ0v) is 23.0. The maximum atomic E-state index is 13.0. The molecule has 0 aliphatic carbocycles. The highest BCUT2D eigenvalue weighted by Gasteiger charge is 2.27. The topological polar surface area (TPSA) is 119 Å². The Hall–Kier alpha value is -2.57. The molecule has 2 N–H and O–H groups in total. The first-order chi connectivity index (χ1) is 16.3. The number of thioether (sulfide) groups is 1. The van der Waals surface area contributed by atoms with Gasteiger partial charge in [-0.1, -0.05) is 17.7 Å². The number of nitrogens with one attached hydrogen (secondary N) is 2. The molecule has 0 atom stereocenters. The highest BCUT2D eigenvalue weighted by Crippen LogP contribution is 2.38. The molecule has 2 aliphatic heterocycles. The van der Waals surface area contributed by atoms with Crippen molar-refractivity contribution in [2.24, 2.45) is 0 Å². The maximum absolute atomic E-state index is 13.0. The van der Waals surface area contributed by atoms with Gasteiger partial charge in [-0.2, -0.15) is 4.98 Å². The molecular formula is C23H30N4O5S3. The van der Waals surface area contributed by atoms with Crippen LogP contribution in [-0.2, 0) is 14.8 Å². The van der Waals surface area contributed by atoms with Crippen molar-refractivity contribution in [3.63, 3.8) is 0 Å². The van der Waals surface area contributed by atoms with E-state index in [4.69, 9.17) is 4.74 Å². The normalized spacial score (nSPS) is 12.1. The number of benzene rings is 1. The summed E-state index contributed by atoms with van der Waals surface area (Å²) in [4.78, 5) is 29.6. The van der Waals surface area contributed by atoms with Crippen molar-refractivity contribution >= 4 is 45.0 Å². The van der Waals surface area contributed by atoms with Gasteiger partial charge in [-0.15, -0.1) is 23.1 Å². The third-order valence-electron chi connectivity index (χ3n) is 4.92. The average Bonchev–Trinajstić information content (AvgIpc) is 3.05. The van der Waals surface area contributed by atoms with Crippen LogP contribution in [0.5, 0.6) is 0 Å². The van der Waals surface area contributed by atoms with E-state index in [0.717, 1.165) is 14.6 Å². The van der Waals surface area contributed by atoms with Gasteiger partial charge < -0.3 is 10.1 Å². The first-order valence-corrected chi connectivity index (χ1v) is 14.3. The molecule has 3 rings (SSSR count). The molecule has 0 fully saturated rings. The number of hydrogen-bond acceptors (Lipinski definition) is 8. The van der Waals surface area contributed by atoms with Gasteiger partial charge in [0.15, 0.2) is 5.82 Å². The summed E-state index contributed by atoms with van der Waals surface area (Å²) in [5.41, 5.74) is 0.976. The highest BCUT2D eigenvalue weighted by molar-refractivity contribution is 8.01. The van der Waals surface area contributed by atoms with E-state index in [1.165, 1.54) is 39.8 Å². The molecule has 0 saturated heterocycles. The van der Waals surface area contributed by atoms with E-state index in [-0.39, 0.29) is 10.7 Å². The summed E-state index contributed by atoms with van der Waals surface area (Å²) >= 11 is 2.95. The molecule has 2 heterocycles. The van der Waals surface area contributed by atoms with Crippen molar-refractivity contribution in [2.75, 3.05) is 17.0 Å². The standard InChI is InChI=1S/C23H30N4O5S3/c1-14-8-10-17(11-9-14)35(30,31)26-19-18-20(34-16(3)15(2)27(18)21(28)25-19)33-13-7-12-24-22(29)32-23(4,5)6/h8-11H,7,12-13H2,1-6H3,(H,24,29)(H,25,26,28). The first kappa shape index (κ1) is 27.0. The second-order valence-corrected chi connectivity index (χ2v) is 13.3. The lowest BCUT2D eigenvalue weighted by molar-refractivity contribution is 0.0528. The summed E-state index contributed by atoms with van der Waals surface area (Å²) in [5, 5.41) is 2.72. The van der Waals surface area contributed by atoms with Crippen LogP contribution in [0, 0.1) is 20.8 Å². The number of hydrogen-bond donors (Lipinski definition) is 2. The molecule has 0 unspecified atom stereocenters. The molecule has 0 radical (unpaired) electrons. The average molecular weight is 539 g/mol. The van der Waals surface area contributed by atoms with Crippen molar-refractivity contribution in [3.8, 4) is 5.69 Å². The van der Waals surface area contributed by atoms with E-state index in [0.29, 0.717) is 30.1 Å². The second-order valence-electron chi connectivity index (χ2n) is 9.01. The van der Waals surface area contributed by atoms with Crippen LogP contribution in [0.4, 0.5) is 10.6 Å². The molecule has 35 heavy (non-hydrogen) atoms. The van der Waals surface area contributed by atoms with Crippen LogP contribution in [0.1, 0.15) is 43.3 Å². The number of aryl methyl sites for hydroxylation is 2. The Morgan fingerprint density at radius 1 is 1.17 bits per heavy atom. The number of sulfonamides is 1. The van der Waals surface area contributed by atoms with E-state index < -0.39 is 27.4 Å². The van der Waals surface area contributed by atoms with Crippen molar-refractivity contribution < 1.29 is 17.9 Å². The number of ether oxygens (including phenoxy) is 1. The van der Waals surface area contributed by atoms with Crippen LogP contribution in [0.2, 0.25) is 0 Å². The minimum Gasteiger partial charge on any atom is -0.444 e. The van der Waals surface area contributed by atoms with Crippen molar-refractivity contribution in [2.45, 2.75) is 62.7 Å². The molecule has 0 saturated carbocycles. The van der Waals surface area contributed by atoms with Crippen LogP contribution >= 0.6 is 23.1 Å². The van der Waals surface area contributed by atoms with Gasteiger partial charge in [0.05, 0.1) is 9.10 Å².